The van der Waals surface area contributed by atoms with Crippen molar-refractivity contribution in [3.63, 3.8) is 0 Å². The molecule has 3 aromatic rings. The van der Waals surface area contributed by atoms with Gasteiger partial charge in [-0.05, 0) is 40.7 Å². The molecule has 0 spiro atoms. The van der Waals surface area contributed by atoms with E-state index < -0.39 is 5.97 Å². The van der Waals surface area contributed by atoms with Gasteiger partial charge in [0.15, 0.2) is 5.78 Å². The van der Waals surface area contributed by atoms with Crippen LogP contribution in [0.1, 0.15) is 50.4 Å². The molecule has 1 N–H and O–H groups in total. The summed E-state index contributed by atoms with van der Waals surface area (Å²) in [5, 5.41) is 4.85. The van der Waals surface area contributed by atoms with Crippen LogP contribution in [-0.2, 0) is 4.74 Å². The number of esters is 1. The second-order valence-electron chi connectivity index (χ2n) is 6.20. The van der Waals surface area contributed by atoms with Crippen molar-refractivity contribution in [1.29, 1.82) is 0 Å². The quantitative estimate of drug-likeness (QED) is 0.394. The van der Waals surface area contributed by atoms with Crippen LogP contribution in [0.25, 0.3) is 5.78 Å². The van der Waals surface area contributed by atoms with Crippen LogP contribution in [0.2, 0.25) is 0 Å². The van der Waals surface area contributed by atoms with E-state index in [1.807, 2.05) is 19.9 Å². The largest absolute Gasteiger partial charge is 0.462 e. The lowest BCUT2D eigenvalue weighted by molar-refractivity contribution is 0.0522. The topological polar surface area (TPSA) is 102 Å². The van der Waals surface area contributed by atoms with Gasteiger partial charge in [-0.3, -0.25) is 4.79 Å². The third-order valence-electron chi connectivity index (χ3n) is 4.06. The molecule has 27 heavy (non-hydrogen) atoms. The van der Waals surface area contributed by atoms with E-state index in [9.17, 15) is 9.59 Å². The number of nitrogens with zero attached hydrogens (tertiary/aromatic N) is 4. The molecule has 3 aromatic heterocycles. The molecule has 0 aliphatic heterocycles. The molecule has 0 aliphatic carbocycles. The minimum atomic E-state index is -0.492. The zero-order valence-electron chi connectivity index (χ0n) is 15.9. The van der Waals surface area contributed by atoms with E-state index in [-0.39, 0.29) is 18.1 Å². The Morgan fingerprint density at radius 2 is 1.85 bits per heavy atom. The SMILES string of the molecule is CCOC(=O)c1c(C)[nH]c(C)c1C(=O)CSc1nc2nc(C)cc(C)n2n1. The zero-order chi connectivity index (χ0) is 19.7. The second kappa shape index (κ2) is 7.51. The van der Waals surface area contributed by atoms with E-state index in [0.717, 1.165) is 11.4 Å². The minimum absolute atomic E-state index is 0.111. The number of fused-ring (bicyclic) bond motifs is 1. The number of H-pyrrole nitrogens is 1. The molecule has 0 fully saturated rings. The lowest BCUT2D eigenvalue weighted by atomic mass is 10.1. The van der Waals surface area contributed by atoms with Gasteiger partial charge in [0.05, 0.1) is 23.5 Å². The van der Waals surface area contributed by atoms with Crippen LogP contribution in [0.3, 0.4) is 0 Å². The summed E-state index contributed by atoms with van der Waals surface area (Å²) in [6.45, 7) is 9.33. The Morgan fingerprint density at radius 1 is 1.15 bits per heavy atom. The third-order valence-corrected chi connectivity index (χ3v) is 4.90. The van der Waals surface area contributed by atoms with Crippen LogP contribution in [0.4, 0.5) is 0 Å². The van der Waals surface area contributed by atoms with Crippen LogP contribution in [0.5, 0.6) is 0 Å². The second-order valence-corrected chi connectivity index (χ2v) is 7.14. The standard InChI is InChI=1S/C18H21N5O3S/c1-6-26-16(25)15-12(5)20-11(4)14(15)13(24)8-27-18-21-17-19-9(2)7-10(3)23(17)22-18/h7,20H,6,8H2,1-5H3. The summed E-state index contributed by atoms with van der Waals surface area (Å²) >= 11 is 1.22. The first-order chi connectivity index (χ1) is 12.8. The van der Waals surface area contributed by atoms with Crippen molar-refractivity contribution in [2.24, 2.45) is 0 Å². The predicted octanol–water partition coefficient (Wildman–Crippen LogP) is 2.84. The van der Waals surface area contributed by atoms with Gasteiger partial charge in [0.1, 0.15) is 0 Å². The smallest absolute Gasteiger partial charge is 0.340 e. The first-order valence-corrected chi connectivity index (χ1v) is 9.53. The normalized spacial score (nSPS) is 11.1. The molecule has 0 atom stereocenters. The van der Waals surface area contributed by atoms with Gasteiger partial charge in [0, 0.05) is 22.8 Å². The van der Waals surface area contributed by atoms with E-state index in [1.54, 1.807) is 25.3 Å². The Morgan fingerprint density at radius 3 is 2.56 bits per heavy atom. The monoisotopic (exact) mass is 387 g/mol. The maximum atomic E-state index is 12.8. The van der Waals surface area contributed by atoms with Crippen molar-refractivity contribution < 1.29 is 14.3 Å². The maximum absolute atomic E-state index is 12.8. The number of aromatic amines is 1. The first kappa shape index (κ1) is 19.1. The lowest BCUT2D eigenvalue weighted by Gasteiger charge is -2.05. The van der Waals surface area contributed by atoms with Crippen LogP contribution in [0, 0.1) is 27.7 Å². The lowest BCUT2D eigenvalue weighted by Crippen LogP contribution is -2.13. The predicted molar refractivity (Wildman–Crippen MR) is 102 cm³/mol. The number of carbonyl (C=O) groups is 2. The molecule has 0 unspecified atom stereocenters. The minimum Gasteiger partial charge on any atom is -0.462 e. The zero-order valence-corrected chi connectivity index (χ0v) is 16.7. The van der Waals surface area contributed by atoms with Crippen molar-refractivity contribution in [2.45, 2.75) is 39.8 Å². The summed E-state index contributed by atoms with van der Waals surface area (Å²) in [6.07, 6.45) is 0. The van der Waals surface area contributed by atoms with Gasteiger partial charge in [-0.1, -0.05) is 11.8 Å². The average Bonchev–Trinajstić information content (AvgIpc) is 3.13. The summed E-state index contributed by atoms with van der Waals surface area (Å²) in [6, 6.07) is 1.92. The third kappa shape index (κ3) is 3.73. The summed E-state index contributed by atoms with van der Waals surface area (Å²) in [4.78, 5) is 36.8. The number of hydrogen-bond donors (Lipinski definition) is 1. The molecule has 0 radical (unpaired) electrons. The molecule has 0 aromatic carbocycles. The van der Waals surface area contributed by atoms with Gasteiger partial charge in [0.2, 0.25) is 5.16 Å². The number of aromatic nitrogens is 5. The van der Waals surface area contributed by atoms with E-state index in [2.05, 4.69) is 20.1 Å². The fourth-order valence-electron chi connectivity index (χ4n) is 3.00. The van der Waals surface area contributed by atoms with Crippen molar-refractivity contribution in [1.82, 2.24) is 24.6 Å². The highest BCUT2D eigenvalue weighted by Gasteiger charge is 2.25. The molecule has 0 aliphatic rings. The Bertz CT molecular complexity index is 1040. The van der Waals surface area contributed by atoms with Crippen molar-refractivity contribution in [3.8, 4) is 0 Å². The first-order valence-electron chi connectivity index (χ1n) is 8.55. The van der Waals surface area contributed by atoms with Gasteiger partial charge in [0.25, 0.3) is 5.78 Å². The molecular formula is C18H21N5O3S. The molecular weight excluding hydrogens is 366 g/mol. The van der Waals surface area contributed by atoms with E-state index in [1.165, 1.54) is 11.8 Å². The van der Waals surface area contributed by atoms with Crippen LogP contribution < -0.4 is 0 Å². The summed E-state index contributed by atoms with van der Waals surface area (Å²) in [7, 11) is 0. The van der Waals surface area contributed by atoms with Gasteiger partial charge in [-0.15, -0.1) is 5.10 Å². The molecule has 3 rings (SSSR count). The van der Waals surface area contributed by atoms with Gasteiger partial charge in [-0.25, -0.2) is 14.3 Å². The van der Waals surface area contributed by atoms with E-state index in [4.69, 9.17) is 4.74 Å². The molecule has 0 bridgehead atoms. The number of carbonyl (C=O) groups excluding carboxylic acids is 2. The highest BCUT2D eigenvalue weighted by atomic mass is 32.2. The Labute approximate surface area is 160 Å². The molecule has 0 amide bonds. The van der Waals surface area contributed by atoms with E-state index in [0.29, 0.717) is 33.4 Å². The Balaban J connectivity index is 1.83. The number of hydrogen-bond acceptors (Lipinski definition) is 7. The summed E-state index contributed by atoms with van der Waals surface area (Å²) in [5.41, 5.74) is 3.73. The number of ketones is 1. The highest BCUT2D eigenvalue weighted by molar-refractivity contribution is 7.99. The molecule has 9 heteroatoms. The number of aryl methyl sites for hydroxylation is 4. The van der Waals surface area contributed by atoms with Gasteiger partial charge >= 0.3 is 5.97 Å². The highest BCUT2D eigenvalue weighted by Crippen LogP contribution is 2.23. The number of nitrogens with one attached hydrogen (secondary N) is 1. The molecule has 8 nitrogen and oxygen atoms in total. The maximum Gasteiger partial charge on any atom is 0.340 e. The molecule has 0 saturated heterocycles. The number of Topliss-reactive ketones (excluding diaryl/α,β-unsaturated/α-hetero) is 1. The van der Waals surface area contributed by atoms with Gasteiger partial charge in [-0.2, -0.15) is 4.98 Å². The molecule has 3 heterocycles. The van der Waals surface area contributed by atoms with Crippen LogP contribution in [0.15, 0.2) is 11.2 Å². The number of ether oxygens (including phenoxy) is 1. The Hall–Kier alpha value is -2.68. The van der Waals surface area contributed by atoms with Crippen molar-refractivity contribution in [3.05, 3.63) is 40.0 Å². The molecule has 142 valence electrons. The molecule has 0 saturated carbocycles. The summed E-state index contributed by atoms with van der Waals surface area (Å²) < 4.78 is 6.73. The summed E-state index contributed by atoms with van der Waals surface area (Å²) in [5.74, 6) is -0.0544. The van der Waals surface area contributed by atoms with Crippen LogP contribution in [-0.4, -0.2) is 48.7 Å². The van der Waals surface area contributed by atoms with E-state index >= 15 is 0 Å². The fourth-order valence-corrected chi connectivity index (χ4v) is 3.69. The Kier molecular flexibility index (Phi) is 5.31. The number of thioether (sulfide) groups is 1. The van der Waals surface area contributed by atoms with Gasteiger partial charge < -0.3 is 9.72 Å². The fraction of sp³-hybridized carbons (Fsp3) is 0.389. The average molecular weight is 387 g/mol. The van der Waals surface area contributed by atoms with Crippen molar-refractivity contribution in [2.75, 3.05) is 12.4 Å². The van der Waals surface area contributed by atoms with Crippen LogP contribution >= 0.6 is 11.8 Å². The van der Waals surface area contributed by atoms with Crippen molar-refractivity contribution >= 4 is 29.3 Å². The number of rotatable bonds is 6.